The van der Waals surface area contributed by atoms with Crippen molar-refractivity contribution in [2.45, 2.75) is 90.4 Å². The number of hydrogen-bond acceptors (Lipinski definition) is 5. The van der Waals surface area contributed by atoms with Gasteiger partial charge in [0.05, 0.1) is 10.7 Å². The van der Waals surface area contributed by atoms with E-state index in [4.69, 9.17) is 22.1 Å². The molecule has 10 heteroatoms. The number of rotatable bonds is 11. The van der Waals surface area contributed by atoms with Gasteiger partial charge in [0.25, 0.3) is 5.91 Å². The van der Waals surface area contributed by atoms with Crippen LogP contribution in [0.3, 0.4) is 0 Å². The molecule has 40 heavy (non-hydrogen) atoms. The number of anilines is 1. The number of nitrogens with zero attached hydrogens (tertiary/aromatic N) is 1. The van der Waals surface area contributed by atoms with Gasteiger partial charge >= 0.3 is 6.09 Å². The predicted octanol–water partition coefficient (Wildman–Crippen LogP) is 5.04. The average Bonchev–Trinajstić information content (AvgIpc) is 3.71. The summed E-state index contributed by atoms with van der Waals surface area (Å²) in [7, 11) is 0. The van der Waals surface area contributed by atoms with Crippen molar-refractivity contribution in [1.82, 2.24) is 10.2 Å². The lowest BCUT2D eigenvalue weighted by molar-refractivity contribution is -0.141. The summed E-state index contributed by atoms with van der Waals surface area (Å²) in [6, 6.07) is 10.5. The van der Waals surface area contributed by atoms with E-state index in [9.17, 15) is 19.2 Å². The maximum Gasteiger partial charge on any atom is 0.408 e. The second-order valence-corrected chi connectivity index (χ2v) is 11.5. The van der Waals surface area contributed by atoms with Crippen LogP contribution in [0.15, 0.2) is 42.5 Å². The van der Waals surface area contributed by atoms with Crippen molar-refractivity contribution in [3.05, 3.63) is 64.2 Å². The van der Waals surface area contributed by atoms with Crippen molar-refractivity contribution in [2.24, 2.45) is 5.73 Å². The summed E-state index contributed by atoms with van der Waals surface area (Å²) in [6.45, 7) is 8.99. The molecule has 1 saturated carbocycles. The van der Waals surface area contributed by atoms with E-state index in [1.807, 2.05) is 44.2 Å². The Kier molecular flexibility index (Phi) is 10.2. The van der Waals surface area contributed by atoms with Gasteiger partial charge in [0.15, 0.2) is 0 Å². The summed E-state index contributed by atoms with van der Waals surface area (Å²) in [5.74, 6) is -1.54. The van der Waals surface area contributed by atoms with E-state index < -0.39 is 41.5 Å². The van der Waals surface area contributed by atoms with E-state index in [0.29, 0.717) is 29.1 Å². The van der Waals surface area contributed by atoms with E-state index in [-0.39, 0.29) is 18.9 Å². The number of benzene rings is 2. The fourth-order valence-corrected chi connectivity index (χ4v) is 4.67. The van der Waals surface area contributed by atoms with Gasteiger partial charge in [0.1, 0.15) is 17.7 Å². The van der Waals surface area contributed by atoms with Crippen LogP contribution in [-0.2, 0) is 25.5 Å². The SMILES string of the molecule is CCc1ccc(C(C(=O)Nc2c(C)cccc2Cl)N(C(=O)C(CCC(N)=O)NC(=O)OC(C)(C)C)C2CC2)cc1. The molecule has 2 aromatic carbocycles. The largest absolute Gasteiger partial charge is 0.444 e. The zero-order valence-electron chi connectivity index (χ0n) is 23.8. The highest BCUT2D eigenvalue weighted by molar-refractivity contribution is 6.34. The minimum Gasteiger partial charge on any atom is -0.444 e. The number of alkyl carbamates (subject to hydrolysis) is 1. The molecule has 2 unspecified atom stereocenters. The van der Waals surface area contributed by atoms with Gasteiger partial charge in [0, 0.05) is 12.5 Å². The number of aryl methyl sites for hydroxylation is 2. The molecule has 9 nitrogen and oxygen atoms in total. The number of nitrogens with one attached hydrogen (secondary N) is 2. The smallest absolute Gasteiger partial charge is 0.408 e. The number of carbonyl (C=O) groups excluding carboxylic acids is 4. The van der Waals surface area contributed by atoms with Crippen LogP contribution in [0.2, 0.25) is 5.02 Å². The van der Waals surface area contributed by atoms with Gasteiger partial charge in [-0.25, -0.2) is 4.79 Å². The molecule has 0 spiro atoms. The van der Waals surface area contributed by atoms with E-state index in [1.54, 1.807) is 32.9 Å². The van der Waals surface area contributed by atoms with Crippen molar-refractivity contribution < 1.29 is 23.9 Å². The monoisotopic (exact) mass is 570 g/mol. The van der Waals surface area contributed by atoms with Crippen LogP contribution >= 0.6 is 11.6 Å². The second kappa shape index (κ2) is 13.2. The molecule has 0 saturated heterocycles. The number of hydrogen-bond donors (Lipinski definition) is 3. The molecule has 216 valence electrons. The normalized spacial score (nSPS) is 14.6. The number of carbonyl (C=O) groups is 4. The lowest BCUT2D eigenvalue weighted by Gasteiger charge is -2.35. The fourth-order valence-electron chi connectivity index (χ4n) is 4.40. The molecule has 0 aromatic heterocycles. The number of ether oxygens (including phenoxy) is 1. The second-order valence-electron chi connectivity index (χ2n) is 11.1. The first-order chi connectivity index (χ1) is 18.8. The van der Waals surface area contributed by atoms with Crippen LogP contribution < -0.4 is 16.4 Å². The van der Waals surface area contributed by atoms with E-state index in [1.165, 1.54) is 4.90 Å². The third-order valence-corrected chi connectivity index (χ3v) is 6.88. The molecule has 1 fully saturated rings. The Morgan fingerprint density at radius 3 is 2.27 bits per heavy atom. The Morgan fingerprint density at radius 1 is 1.10 bits per heavy atom. The summed E-state index contributed by atoms with van der Waals surface area (Å²) in [4.78, 5) is 54.0. The Balaban J connectivity index is 2.02. The van der Waals surface area contributed by atoms with Gasteiger partial charge in [-0.2, -0.15) is 0 Å². The summed E-state index contributed by atoms with van der Waals surface area (Å²) in [5, 5.41) is 5.92. The van der Waals surface area contributed by atoms with E-state index >= 15 is 0 Å². The van der Waals surface area contributed by atoms with Gasteiger partial charge in [-0.1, -0.05) is 54.9 Å². The number of halogens is 1. The number of amides is 4. The van der Waals surface area contributed by atoms with Crippen LogP contribution in [0, 0.1) is 6.92 Å². The van der Waals surface area contributed by atoms with Crippen LogP contribution in [-0.4, -0.2) is 46.4 Å². The molecule has 2 aromatic rings. The lowest BCUT2D eigenvalue weighted by atomic mass is 9.99. The molecule has 0 heterocycles. The highest BCUT2D eigenvalue weighted by Gasteiger charge is 2.44. The Morgan fingerprint density at radius 2 is 1.75 bits per heavy atom. The number of nitrogens with two attached hydrogens (primary N) is 1. The molecular weight excluding hydrogens is 532 g/mol. The highest BCUT2D eigenvalue weighted by Crippen LogP contribution is 2.37. The maximum absolute atomic E-state index is 14.2. The Bertz CT molecular complexity index is 1220. The molecule has 4 amide bonds. The first kappa shape index (κ1) is 30.9. The fraction of sp³-hybridized carbons (Fsp3) is 0.467. The van der Waals surface area contributed by atoms with Crippen LogP contribution in [0.1, 0.15) is 76.1 Å². The van der Waals surface area contributed by atoms with Gasteiger partial charge in [0.2, 0.25) is 11.8 Å². The van der Waals surface area contributed by atoms with Crippen LogP contribution in [0.4, 0.5) is 10.5 Å². The molecule has 4 N–H and O–H groups in total. The van der Waals surface area contributed by atoms with Crippen molar-refractivity contribution in [1.29, 1.82) is 0 Å². The van der Waals surface area contributed by atoms with Gasteiger partial charge in [-0.15, -0.1) is 0 Å². The molecule has 0 bridgehead atoms. The first-order valence-electron chi connectivity index (χ1n) is 13.6. The topological polar surface area (TPSA) is 131 Å². The quantitative estimate of drug-likeness (QED) is 0.348. The molecule has 2 atom stereocenters. The number of primary amides is 1. The molecular formula is C30H39ClN4O5. The molecule has 0 radical (unpaired) electrons. The Hall–Kier alpha value is -3.59. The lowest BCUT2D eigenvalue weighted by Crippen LogP contribution is -2.53. The first-order valence-corrected chi connectivity index (χ1v) is 13.9. The summed E-state index contributed by atoms with van der Waals surface area (Å²) in [6.07, 6.45) is 1.24. The van der Waals surface area contributed by atoms with E-state index in [2.05, 4.69) is 10.6 Å². The standard InChI is InChI=1S/C30H39ClN4O5/c1-6-19-10-12-20(13-11-19)26(27(37)34-25-18(2)8-7-9-22(25)31)35(21-14-15-21)28(38)23(16-17-24(32)36)33-29(39)40-30(3,4)5/h7-13,21,23,26H,6,14-17H2,1-5H3,(H2,32,36)(H,33,39)(H,34,37). The van der Waals surface area contributed by atoms with Gasteiger partial charge < -0.3 is 26.0 Å². The molecule has 0 aliphatic heterocycles. The third-order valence-electron chi connectivity index (χ3n) is 6.56. The average molecular weight is 571 g/mol. The maximum atomic E-state index is 14.2. The van der Waals surface area contributed by atoms with Crippen LogP contribution in [0.5, 0.6) is 0 Å². The molecule has 1 aliphatic carbocycles. The van der Waals surface area contributed by atoms with Crippen molar-refractivity contribution in [3.63, 3.8) is 0 Å². The minimum atomic E-state index is -1.13. The van der Waals surface area contributed by atoms with Gasteiger partial charge in [-0.3, -0.25) is 14.4 Å². The van der Waals surface area contributed by atoms with Crippen molar-refractivity contribution >= 4 is 41.1 Å². The van der Waals surface area contributed by atoms with E-state index in [0.717, 1.165) is 17.5 Å². The zero-order chi connectivity index (χ0) is 29.6. The van der Waals surface area contributed by atoms with Crippen molar-refractivity contribution in [2.75, 3.05) is 5.32 Å². The van der Waals surface area contributed by atoms with Crippen molar-refractivity contribution in [3.8, 4) is 0 Å². The summed E-state index contributed by atoms with van der Waals surface area (Å²) < 4.78 is 5.37. The highest BCUT2D eigenvalue weighted by atomic mass is 35.5. The third kappa shape index (κ3) is 8.45. The number of para-hydroxylation sites is 1. The molecule has 3 rings (SSSR count). The van der Waals surface area contributed by atoms with Crippen LogP contribution in [0.25, 0.3) is 0 Å². The summed E-state index contributed by atoms with van der Waals surface area (Å²) in [5.41, 5.74) is 7.52. The minimum absolute atomic E-state index is 0.0383. The Labute approximate surface area is 240 Å². The van der Waals surface area contributed by atoms with Gasteiger partial charge in [-0.05, 0) is 76.1 Å². The molecule has 1 aliphatic rings. The predicted molar refractivity (Wildman–Crippen MR) is 155 cm³/mol. The zero-order valence-corrected chi connectivity index (χ0v) is 24.5. The summed E-state index contributed by atoms with van der Waals surface area (Å²) >= 11 is 6.41.